The SMILES string of the molecule is CCOCc1ccccc1NC(=O)N1CCCC1CN1CCCCC1. The van der Waals surface area contributed by atoms with Gasteiger partial charge in [-0.25, -0.2) is 4.79 Å². The van der Waals surface area contributed by atoms with Crippen LogP contribution in [0.2, 0.25) is 0 Å². The number of piperidine rings is 1. The van der Waals surface area contributed by atoms with Crippen molar-refractivity contribution >= 4 is 11.7 Å². The molecule has 1 unspecified atom stereocenters. The lowest BCUT2D eigenvalue weighted by atomic mass is 10.1. The lowest BCUT2D eigenvalue weighted by molar-refractivity contribution is 0.134. The number of nitrogens with one attached hydrogen (secondary N) is 1. The Hall–Kier alpha value is -1.59. The van der Waals surface area contributed by atoms with Crippen LogP contribution in [-0.2, 0) is 11.3 Å². The number of carbonyl (C=O) groups is 1. The van der Waals surface area contributed by atoms with E-state index in [4.69, 9.17) is 4.74 Å². The molecule has 2 fully saturated rings. The van der Waals surface area contributed by atoms with E-state index < -0.39 is 0 Å². The van der Waals surface area contributed by atoms with E-state index in [1.54, 1.807) is 0 Å². The number of rotatable bonds is 6. The molecule has 138 valence electrons. The Labute approximate surface area is 151 Å². The van der Waals surface area contributed by atoms with Crippen LogP contribution in [-0.4, -0.2) is 54.7 Å². The minimum atomic E-state index is 0.0310. The van der Waals surface area contributed by atoms with Gasteiger partial charge in [-0.3, -0.25) is 0 Å². The summed E-state index contributed by atoms with van der Waals surface area (Å²) in [6, 6.07) is 8.29. The third-order valence-electron chi connectivity index (χ3n) is 5.28. The zero-order chi connectivity index (χ0) is 17.5. The molecule has 2 aliphatic heterocycles. The minimum absolute atomic E-state index is 0.0310. The maximum atomic E-state index is 12.8. The molecule has 5 heteroatoms. The van der Waals surface area contributed by atoms with Gasteiger partial charge in [-0.2, -0.15) is 0 Å². The molecule has 0 saturated carbocycles. The Morgan fingerprint density at radius 3 is 2.76 bits per heavy atom. The van der Waals surface area contributed by atoms with Gasteiger partial charge in [-0.05, 0) is 51.8 Å². The molecule has 2 aliphatic rings. The van der Waals surface area contributed by atoms with E-state index in [-0.39, 0.29) is 6.03 Å². The highest BCUT2D eigenvalue weighted by atomic mass is 16.5. The van der Waals surface area contributed by atoms with Gasteiger partial charge in [0.2, 0.25) is 0 Å². The van der Waals surface area contributed by atoms with Crippen LogP contribution in [0.1, 0.15) is 44.6 Å². The number of hydrogen-bond donors (Lipinski definition) is 1. The summed E-state index contributed by atoms with van der Waals surface area (Å²) in [6.07, 6.45) is 6.16. The Bertz CT molecular complexity index is 558. The first-order chi connectivity index (χ1) is 12.3. The molecule has 1 atom stereocenters. The molecule has 2 saturated heterocycles. The second-order valence-electron chi connectivity index (χ2n) is 7.08. The first-order valence-corrected chi connectivity index (χ1v) is 9.73. The molecule has 25 heavy (non-hydrogen) atoms. The van der Waals surface area contributed by atoms with Crippen LogP contribution in [0.15, 0.2) is 24.3 Å². The molecule has 5 nitrogen and oxygen atoms in total. The molecule has 0 aliphatic carbocycles. The molecule has 0 aromatic heterocycles. The van der Waals surface area contributed by atoms with Crippen LogP contribution in [0.3, 0.4) is 0 Å². The monoisotopic (exact) mass is 345 g/mol. The minimum Gasteiger partial charge on any atom is -0.377 e. The zero-order valence-corrected chi connectivity index (χ0v) is 15.4. The van der Waals surface area contributed by atoms with Gasteiger partial charge in [0, 0.05) is 37.0 Å². The number of hydrogen-bond acceptors (Lipinski definition) is 3. The van der Waals surface area contributed by atoms with E-state index in [1.807, 2.05) is 36.1 Å². The molecular formula is C20H31N3O2. The summed E-state index contributed by atoms with van der Waals surface area (Å²) in [5.41, 5.74) is 1.90. The topological polar surface area (TPSA) is 44.8 Å². The molecule has 1 N–H and O–H groups in total. The van der Waals surface area contributed by atoms with Crippen molar-refractivity contribution in [2.45, 2.75) is 51.7 Å². The molecule has 0 spiro atoms. The lowest BCUT2D eigenvalue weighted by Crippen LogP contribution is -2.46. The van der Waals surface area contributed by atoms with E-state index >= 15 is 0 Å². The van der Waals surface area contributed by atoms with Crippen molar-refractivity contribution in [3.05, 3.63) is 29.8 Å². The van der Waals surface area contributed by atoms with Crippen molar-refractivity contribution in [3.8, 4) is 0 Å². The third-order valence-corrected chi connectivity index (χ3v) is 5.28. The Morgan fingerprint density at radius 2 is 1.96 bits per heavy atom. The maximum absolute atomic E-state index is 12.8. The van der Waals surface area contributed by atoms with Crippen LogP contribution in [0, 0.1) is 0 Å². The maximum Gasteiger partial charge on any atom is 0.322 e. The van der Waals surface area contributed by atoms with Crippen LogP contribution in [0.5, 0.6) is 0 Å². The standard InChI is InChI=1S/C20H31N3O2/c1-2-25-16-17-9-4-5-11-19(17)21-20(24)23-14-8-10-18(23)15-22-12-6-3-7-13-22/h4-5,9,11,18H,2-3,6-8,10,12-16H2,1H3,(H,21,24). The predicted molar refractivity (Wildman–Crippen MR) is 101 cm³/mol. The summed E-state index contributed by atoms with van der Waals surface area (Å²) in [5.74, 6) is 0. The fraction of sp³-hybridized carbons (Fsp3) is 0.650. The van der Waals surface area contributed by atoms with Crippen molar-refractivity contribution in [2.24, 2.45) is 0 Å². The number of likely N-dealkylation sites (tertiary alicyclic amines) is 2. The van der Waals surface area contributed by atoms with Crippen molar-refractivity contribution in [1.29, 1.82) is 0 Å². The average Bonchev–Trinajstić information content (AvgIpc) is 3.10. The predicted octanol–water partition coefficient (Wildman–Crippen LogP) is 3.71. The number of benzene rings is 1. The lowest BCUT2D eigenvalue weighted by Gasteiger charge is -2.33. The van der Waals surface area contributed by atoms with Crippen LogP contribution >= 0.6 is 0 Å². The fourth-order valence-corrected chi connectivity index (χ4v) is 3.90. The van der Waals surface area contributed by atoms with Crippen molar-refractivity contribution in [3.63, 3.8) is 0 Å². The van der Waals surface area contributed by atoms with E-state index in [2.05, 4.69) is 10.2 Å². The summed E-state index contributed by atoms with van der Waals surface area (Å²) in [6.45, 7) is 7.44. The molecule has 2 amide bonds. The number of nitrogens with zero attached hydrogens (tertiary/aromatic N) is 2. The summed E-state index contributed by atoms with van der Waals surface area (Å²) >= 11 is 0. The Balaban J connectivity index is 1.60. The number of para-hydroxylation sites is 1. The quantitative estimate of drug-likeness (QED) is 0.855. The first-order valence-electron chi connectivity index (χ1n) is 9.73. The van der Waals surface area contributed by atoms with Crippen molar-refractivity contribution in [1.82, 2.24) is 9.80 Å². The smallest absolute Gasteiger partial charge is 0.322 e. The summed E-state index contributed by atoms with van der Waals surface area (Å²) < 4.78 is 5.52. The van der Waals surface area contributed by atoms with Crippen LogP contribution in [0.4, 0.5) is 10.5 Å². The molecule has 3 rings (SSSR count). The molecule has 0 radical (unpaired) electrons. The van der Waals surface area contributed by atoms with E-state index in [9.17, 15) is 4.79 Å². The van der Waals surface area contributed by atoms with Gasteiger partial charge >= 0.3 is 6.03 Å². The average molecular weight is 345 g/mol. The Morgan fingerprint density at radius 1 is 1.16 bits per heavy atom. The highest BCUT2D eigenvalue weighted by molar-refractivity contribution is 5.90. The van der Waals surface area contributed by atoms with Gasteiger partial charge in [0.15, 0.2) is 0 Å². The van der Waals surface area contributed by atoms with E-state index in [0.717, 1.165) is 37.2 Å². The van der Waals surface area contributed by atoms with Crippen LogP contribution < -0.4 is 5.32 Å². The van der Waals surface area contributed by atoms with Gasteiger partial charge in [0.05, 0.1) is 6.61 Å². The highest BCUT2D eigenvalue weighted by Crippen LogP contribution is 2.23. The molecule has 2 heterocycles. The van der Waals surface area contributed by atoms with Gasteiger partial charge in [0.25, 0.3) is 0 Å². The molecular weight excluding hydrogens is 314 g/mol. The zero-order valence-electron chi connectivity index (χ0n) is 15.4. The Kier molecular flexibility index (Phi) is 6.70. The number of amides is 2. The van der Waals surface area contributed by atoms with Gasteiger partial charge in [-0.1, -0.05) is 24.6 Å². The molecule has 0 bridgehead atoms. The van der Waals surface area contributed by atoms with Gasteiger partial charge in [-0.15, -0.1) is 0 Å². The molecule has 1 aromatic carbocycles. The summed E-state index contributed by atoms with van der Waals surface area (Å²) in [7, 11) is 0. The number of ether oxygens (including phenoxy) is 1. The largest absolute Gasteiger partial charge is 0.377 e. The van der Waals surface area contributed by atoms with E-state index in [1.165, 1.54) is 32.4 Å². The second kappa shape index (κ2) is 9.20. The fourth-order valence-electron chi connectivity index (χ4n) is 3.90. The van der Waals surface area contributed by atoms with Crippen molar-refractivity contribution in [2.75, 3.05) is 38.1 Å². The number of carbonyl (C=O) groups excluding carboxylic acids is 1. The van der Waals surface area contributed by atoms with Crippen molar-refractivity contribution < 1.29 is 9.53 Å². The molecule has 1 aromatic rings. The number of urea groups is 1. The van der Waals surface area contributed by atoms with Gasteiger partial charge in [0.1, 0.15) is 0 Å². The van der Waals surface area contributed by atoms with Gasteiger partial charge < -0.3 is 19.9 Å². The number of anilines is 1. The highest BCUT2D eigenvalue weighted by Gasteiger charge is 2.30. The summed E-state index contributed by atoms with van der Waals surface area (Å²) in [4.78, 5) is 17.4. The third kappa shape index (κ3) is 4.95. The first kappa shape index (κ1) is 18.2. The normalized spacial score (nSPS) is 21.5. The second-order valence-corrected chi connectivity index (χ2v) is 7.08. The van der Waals surface area contributed by atoms with Crippen LogP contribution in [0.25, 0.3) is 0 Å². The van der Waals surface area contributed by atoms with E-state index in [0.29, 0.717) is 19.3 Å². The summed E-state index contributed by atoms with van der Waals surface area (Å²) in [5, 5.41) is 3.12.